The van der Waals surface area contributed by atoms with Crippen LogP contribution in [0, 0.1) is 13.8 Å². The molecule has 1 saturated heterocycles. The highest BCUT2D eigenvalue weighted by molar-refractivity contribution is 5.94. The lowest BCUT2D eigenvalue weighted by Gasteiger charge is -2.38. The van der Waals surface area contributed by atoms with Gasteiger partial charge in [-0.1, -0.05) is 41.5 Å². The second-order valence-corrected chi connectivity index (χ2v) is 8.36. The zero-order chi connectivity index (χ0) is 21.0. The molecule has 1 aliphatic heterocycles. The molecule has 2 aromatic carbocycles. The zero-order valence-corrected chi connectivity index (χ0v) is 17.7. The van der Waals surface area contributed by atoms with Gasteiger partial charge in [0.05, 0.1) is 6.54 Å². The number of aryl methyl sites for hydroxylation is 2. The predicted molar refractivity (Wildman–Crippen MR) is 118 cm³/mol. The average molecular weight is 404 g/mol. The Morgan fingerprint density at radius 1 is 1.10 bits per heavy atom. The Bertz CT molecular complexity index is 985. The van der Waals surface area contributed by atoms with Gasteiger partial charge in [-0.3, -0.25) is 9.48 Å². The lowest BCUT2D eigenvalue weighted by atomic mass is 9.73. The number of rotatable bonds is 6. The highest BCUT2D eigenvalue weighted by Crippen LogP contribution is 2.35. The van der Waals surface area contributed by atoms with Crippen LogP contribution in [0.25, 0.3) is 0 Å². The van der Waals surface area contributed by atoms with Crippen LogP contribution >= 0.6 is 0 Å². The van der Waals surface area contributed by atoms with E-state index in [0.29, 0.717) is 18.7 Å². The summed E-state index contributed by atoms with van der Waals surface area (Å²) < 4.78 is 7.50. The molecule has 0 bridgehead atoms. The summed E-state index contributed by atoms with van der Waals surface area (Å²) in [6.45, 7) is 6.98. The number of amides is 1. The summed E-state index contributed by atoms with van der Waals surface area (Å²) in [7, 11) is 0. The molecule has 0 aliphatic carbocycles. The molecule has 0 saturated carbocycles. The van der Waals surface area contributed by atoms with Crippen molar-refractivity contribution in [1.82, 2.24) is 15.1 Å². The molecule has 1 fully saturated rings. The van der Waals surface area contributed by atoms with Crippen molar-refractivity contribution >= 4 is 5.91 Å². The Labute approximate surface area is 178 Å². The highest BCUT2D eigenvalue weighted by Gasteiger charge is 2.35. The second-order valence-electron chi connectivity index (χ2n) is 8.36. The minimum atomic E-state index is -0.0860. The van der Waals surface area contributed by atoms with Gasteiger partial charge in [-0.15, -0.1) is 0 Å². The number of nitrogens with zero attached hydrogens (tertiary/aromatic N) is 2. The Morgan fingerprint density at radius 2 is 1.87 bits per heavy atom. The van der Waals surface area contributed by atoms with Crippen LogP contribution in [0.3, 0.4) is 0 Å². The maximum atomic E-state index is 13.0. The van der Waals surface area contributed by atoms with Crippen molar-refractivity contribution in [2.75, 3.05) is 19.8 Å². The van der Waals surface area contributed by atoms with Gasteiger partial charge in [0, 0.05) is 43.1 Å². The topological polar surface area (TPSA) is 56.2 Å². The number of aromatic nitrogens is 2. The Morgan fingerprint density at radius 3 is 2.57 bits per heavy atom. The minimum absolute atomic E-state index is 0.0347. The first kappa shape index (κ1) is 20.4. The molecule has 1 amide bonds. The van der Waals surface area contributed by atoms with E-state index in [2.05, 4.69) is 42.5 Å². The Hall–Kier alpha value is -2.92. The normalized spacial score (nSPS) is 15.7. The molecule has 30 heavy (non-hydrogen) atoms. The van der Waals surface area contributed by atoms with Crippen molar-refractivity contribution in [3.63, 3.8) is 0 Å². The zero-order valence-electron chi connectivity index (χ0n) is 17.7. The monoisotopic (exact) mass is 403 g/mol. The van der Waals surface area contributed by atoms with Crippen LogP contribution in [0.2, 0.25) is 0 Å². The second kappa shape index (κ2) is 8.84. The maximum Gasteiger partial charge on any atom is 0.251 e. The lowest BCUT2D eigenvalue weighted by Crippen LogP contribution is -2.44. The summed E-state index contributed by atoms with van der Waals surface area (Å²) in [6, 6.07) is 16.4. The van der Waals surface area contributed by atoms with Crippen molar-refractivity contribution in [3.8, 4) is 0 Å². The molecule has 1 aliphatic rings. The third-order valence-corrected chi connectivity index (χ3v) is 5.96. The summed E-state index contributed by atoms with van der Waals surface area (Å²) in [5, 5.41) is 7.46. The third kappa shape index (κ3) is 4.62. The van der Waals surface area contributed by atoms with E-state index in [0.717, 1.165) is 31.6 Å². The van der Waals surface area contributed by atoms with Crippen molar-refractivity contribution in [2.24, 2.45) is 0 Å². The van der Waals surface area contributed by atoms with Gasteiger partial charge in [0.1, 0.15) is 0 Å². The number of benzene rings is 2. The lowest BCUT2D eigenvalue weighted by molar-refractivity contribution is 0.0487. The molecule has 0 radical (unpaired) electrons. The van der Waals surface area contributed by atoms with Crippen LogP contribution in [0.15, 0.2) is 60.9 Å². The third-order valence-electron chi connectivity index (χ3n) is 5.96. The standard InChI is InChI=1S/C25H29N3O2/c1-19-13-20(2)15-23(14-19)25(7-11-30-12-8-25)18-26-24(29)22-6-3-5-21(16-22)17-28-10-4-9-27-28/h3-6,9-10,13-16H,7-8,11-12,17-18H2,1-2H3,(H,26,29). The number of hydrogen-bond donors (Lipinski definition) is 1. The Balaban J connectivity index is 1.50. The van der Waals surface area contributed by atoms with Crippen LogP contribution < -0.4 is 5.32 Å². The van der Waals surface area contributed by atoms with Crippen molar-refractivity contribution in [3.05, 3.63) is 88.7 Å². The summed E-state index contributed by atoms with van der Waals surface area (Å²) >= 11 is 0. The van der Waals surface area contributed by atoms with E-state index in [9.17, 15) is 4.79 Å². The number of carbonyl (C=O) groups excluding carboxylic acids is 1. The van der Waals surface area contributed by atoms with Gasteiger partial charge in [-0.2, -0.15) is 5.10 Å². The molecule has 3 aromatic rings. The molecule has 4 rings (SSSR count). The SMILES string of the molecule is Cc1cc(C)cc(C2(CNC(=O)c3cccc(Cn4cccn4)c3)CCOCC2)c1. The van der Waals surface area contributed by atoms with Gasteiger partial charge < -0.3 is 10.1 Å². The molecule has 5 nitrogen and oxygen atoms in total. The van der Waals surface area contributed by atoms with Crippen molar-refractivity contribution < 1.29 is 9.53 Å². The fraction of sp³-hybridized carbons (Fsp3) is 0.360. The first-order valence-electron chi connectivity index (χ1n) is 10.6. The first-order valence-corrected chi connectivity index (χ1v) is 10.6. The minimum Gasteiger partial charge on any atom is -0.381 e. The molecule has 0 spiro atoms. The van der Waals surface area contributed by atoms with Crippen LogP contribution in [0.4, 0.5) is 0 Å². The first-order chi connectivity index (χ1) is 14.5. The highest BCUT2D eigenvalue weighted by atomic mass is 16.5. The van der Waals surface area contributed by atoms with E-state index < -0.39 is 0 Å². The largest absolute Gasteiger partial charge is 0.381 e. The summed E-state index contributed by atoms with van der Waals surface area (Å²) in [4.78, 5) is 13.0. The average Bonchev–Trinajstić information content (AvgIpc) is 3.25. The van der Waals surface area contributed by atoms with E-state index in [1.807, 2.05) is 41.2 Å². The van der Waals surface area contributed by atoms with Gasteiger partial charge in [-0.05, 0) is 56.0 Å². The summed E-state index contributed by atoms with van der Waals surface area (Å²) in [5.74, 6) is -0.0347. The summed E-state index contributed by atoms with van der Waals surface area (Å²) in [5.41, 5.74) is 5.47. The fourth-order valence-electron chi connectivity index (χ4n) is 4.35. The van der Waals surface area contributed by atoms with Gasteiger partial charge in [-0.25, -0.2) is 0 Å². The smallest absolute Gasteiger partial charge is 0.251 e. The van der Waals surface area contributed by atoms with Gasteiger partial charge in [0.15, 0.2) is 0 Å². The molecule has 1 aromatic heterocycles. The van der Waals surface area contributed by atoms with Gasteiger partial charge in [0.2, 0.25) is 0 Å². The van der Waals surface area contributed by atoms with E-state index in [1.165, 1.54) is 16.7 Å². The number of ether oxygens (including phenoxy) is 1. The van der Waals surface area contributed by atoms with E-state index in [1.54, 1.807) is 6.20 Å². The maximum absolute atomic E-state index is 13.0. The predicted octanol–water partition coefficient (Wildman–Crippen LogP) is 4.03. The van der Waals surface area contributed by atoms with Crippen LogP contribution in [0.5, 0.6) is 0 Å². The van der Waals surface area contributed by atoms with Crippen molar-refractivity contribution in [2.45, 2.75) is 38.6 Å². The van der Waals surface area contributed by atoms with E-state index in [-0.39, 0.29) is 11.3 Å². The quantitative estimate of drug-likeness (QED) is 0.676. The van der Waals surface area contributed by atoms with E-state index in [4.69, 9.17) is 4.74 Å². The summed E-state index contributed by atoms with van der Waals surface area (Å²) in [6.07, 6.45) is 5.51. The molecular formula is C25H29N3O2. The molecule has 0 unspecified atom stereocenters. The number of carbonyl (C=O) groups is 1. The number of nitrogens with one attached hydrogen (secondary N) is 1. The molecule has 0 atom stereocenters. The van der Waals surface area contributed by atoms with Crippen LogP contribution in [-0.4, -0.2) is 35.4 Å². The number of hydrogen-bond acceptors (Lipinski definition) is 3. The van der Waals surface area contributed by atoms with Gasteiger partial charge in [0.25, 0.3) is 5.91 Å². The van der Waals surface area contributed by atoms with Crippen LogP contribution in [-0.2, 0) is 16.7 Å². The molecule has 1 N–H and O–H groups in total. The Kier molecular flexibility index (Phi) is 6.00. The van der Waals surface area contributed by atoms with Gasteiger partial charge >= 0.3 is 0 Å². The fourth-order valence-corrected chi connectivity index (χ4v) is 4.35. The van der Waals surface area contributed by atoms with Crippen molar-refractivity contribution in [1.29, 1.82) is 0 Å². The van der Waals surface area contributed by atoms with Crippen LogP contribution in [0.1, 0.15) is 45.5 Å². The molecular weight excluding hydrogens is 374 g/mol. The molecule has 156 valence electrons. The van der Waals surface area contributed by atoms with E-state index >= 15 is 0 Å². The molecule has 5 heteroatoms. The molecule has 2 heterocycles.